The van der Waals surface area contributed by atoms with Gasteiger partial charge in [-0.15, -0.1) is 0 Å². The van der Waals surface area contributed by atoms with Crippen molar-refractivity contribution in [3.8, 4) is 0 Å². The van der Waals surface area contributed by atoms with Crippen molar-refractivity contribution in [2.24, 2.45) is 0 Å². The van der Waals surface area contributed by atoms with Gasteiger partial charge in [0.15, 0.2) is 6.10 Å². The van der Waals surface area contributed by atoms with E-state index in [-0.39, 0.29) is 31.1 Å². The lowest BCUT2D eigenvalue weighted by atomic mass is 10.0. The first-order valence-electron chi connectivity index (χ1n) is 33.7. The maximum Gasteiger partial charge on any atom is 0.306 e. The zero-order chi connectivity index (χ0) is 58.5. The van der Waals surface area contributed by atoms with Gasteiger partial charge >= 0.3 is 17.9 Å². The maximum absolute atomic E-state index is 12.9. The van der Waals surface area contributed by atoms with Crippen molar-refractivity contribution < 1.29 is 28.6 Å². The Morgan fingerprint density at radius 3 is 0.778 bits per heavy atom. The molecule has 0 saturated carbocycles. The summed E-state index contributed by atoms with van der Waals surface area (Å²) in [5, 5.41) is 0. The topological polar surface area (TPSA) is 78.9 Å². The number of carbonyl (C=O) groups is 3. The molecule has 0 aliphatic carbocycles. The van der Waals surface area contributed by atoms with Crippen LogP contribution in [0.1, 0.15) is 303 Å². The summed E-state index contributed by atoms with van der Waals surface area (Å²) in [6.45, 7) is 6.37. The molecule has 0 rings (SSSR count). The van der Waals surface area contributed by atoms with Crippen molar-refractivity contribution in [1.29, 1.82) is 0 Å². The van der Waals surface area contributed by atoms with Crippen LogP contribution in [0.3, 0.4) is 0 Å². The van der Waals surface area contributed by atoms with Crippen LogP contribution in [0.15, 0.2) is 134 Å². The Balaban J connectivity index is 4.34. The molecule has 0 spiro atoms. The molecule has 0 N–H and O–H groups in total. The van der Waals surface area contributed by atoms with Crippen molar-refractivity contribution in [2.75, 3.05) is 13.2 Å². The Bertz CT molecular complexity index is 1720. The van der Waals surface area contributed by atoms with E-state index in [1.807, 2.05) is 0 Å². The Hall–Kier alpha value is -4.45. The summed E-state index contributed by atoms with van der Waals surface area (Å²) in [4.78, 5) is 38.4. The molecule has 1 unspecified atom stereocenters. The van der Waals surface area contributed by atoms with Gasteiger partial charge < -0.3 is 14.2 Å². The monoisotopic (exact) mass is 1120 g/mol. The van der Waals surface area contributed by atoms with Gasteiger partial charge in [-0.25, -0.2) is 0 Å². The van der Waals surface area contributed by atoms with Crippen LogP contribution in [0.25, 0.3) is 0 Å². The molecular weight excluding hydrogens is 997 g/mol. The minimum atomic E-state index is -0.803. The number of hydrogen-bond acceptors (Lipinski definition) is 6. The average molecular weight is 1120 g/mol. The molecule has 0 fully saturated rings. The number of esters is 3. The molecule has 0 amide bonds. The van der Waals surface area contributed by atoms with Crippen LogP contribution in [0.4, 0.5) is 0 Å². The highest BCUT2D eigenvalue weighted by molar-refractivity contribution is 5.71. The van der Waals surface area contributed by atoms with E-state index in [0.29, 0.717) is 19.3 Å². The predicted molar refractivity (Wildman–Crippen MR) is 353 cm³/mol. The van der Waals surface area contributed by atoms with Gasteiger partial charge in [0.1, 0.15) is 13.2 Å². The van der Waals surface area contributed by atoms with Crippen LogP contribution in [0.2, 0.25) is 0 Å². The predicted octanol–water partition coefficient (Wildman–Crippen LogP) is 23.3. The smallest absolute Gasteiger partial charge is 0.306 e. The summed E-state index contributed by atoms with van der Waals surface area (Å²) in [6, 6.07) is 0. The maximum atomic E-state index is 12.9. The SMILES string of the molecule is CC/C=C\C/C=C\C/C=C\C/C=C\C/C=C\CCCCCCCCCCCCCCCC(=O)OCC(COC(=O)CCCC/C=C\C/C=C\C/C=C\C/C=C\CC)OC(=O)CCCCCCCCCCC/C=C\C/C=C\CCCCC. The van der Waals surface area contributed by atoms with Crippen LogP contribution in [0.5, 0.6) is 0 Å². The molecular formula is C75H124O6. The van der Waals surface area contributed by atoms with Crippen LogP contribution in [0, 0.1) is 0 Å². The van der Waals surface area contributed by atoms with E-state index in [2.05, 4.69) is 154 Å². The second-order valence-electron chi connectivity index (χ2n) is 22.0. The van der Waals surface area contributed by atoms with Crippen LogP contribution in [-0.2, 0) is 28.6 Å². The van der Waals surface area contributed by atoms with Crippen molar-refractivity contribution >= 4 is 17.9 Å². The van der Waals surface area contributed by atoms with Crippen LogP contribution < -0.4 is 0 Å². The number of hydrogen-bond donors (Lipinski definition) is 0. The van der Waals surface area contributed by atoms with Gasteiger partial charge in [-0.05, 0) is 135 Å². The fourth-order valence-electron chi connectivity index (χ4n) is 9.14. The molecule has 0 aromatic rings. The minimum absolute atomic E-state index is 0.0956. The number of rotatable bonds is 60. The minimum Gasteiger partial charge on any atom is -0.462 e. The number of ether oxygens (including phenoxy) is 3. The van der Waals surface area contributed by atoms with Crippen molar-refractivity contribution in [2.45, 2.75) is 309 Å². The van der Waals surface area contributed by atoms with Gasteiger partial charge in [-0.1, -0.05) is 283 Å². The molecule has 1 atom stereocenters. The van der Waals surface area contributed by atoms with Crippen LogP contribution in [-0.4, -0.2) is 37.2 Å². The summed E-state index contributed by atoms with van der Waals surface area (Å²) >= 11 is 0. The van der Waals surface area contributed by atoms with Gasteiger partial charge in [-0.3, -0.25) is 14.4 Å². The Morgan fingerprint density at radius 2 is 0.481 bits per heavy atom. The highest BCUT2D eigenvalue weighted by Gasteiger charge is 2.19. The molecule has 0 aliphatic heterocycles. The van der Waals surface area contributed by atoms with E-state index < -0.39 is 6.10 Å². The first-order chi connectivity index (χ1) is 40.0. The molecule has 0 aromatic heterocycles. The van der Waals surface area contributed by atoms with E-state index in [1.54, 1.807) is 0 Å². The molecule has 0 heterocycles. The summed E-state index contributed by atoms with van der Waals surface area (Å²) in [5.41, 5.74) is 0. The Kier molecular flexibility index (Phi) is 64.3. The molecule has 0 aliphatic rings. The zero-order valence-electron chi connectivity index (χ0n) is 52.8. The van der Waals surface area contributed by atoms with E-state index in [9.17, 15) is 14.4 Å². The highest BCUT2D eigenvalue weighted by atomic mass is 16.6. The first kappa shape index (κ1) is 76.5. The number of unbranched alkanes of at least 4 members (excludes halogenated alkanes) is 27. The van der Waals surface area contributed by atoms with Gasteiger partial charge in [0, 0.05) is 19.3 Å². The summed E-state index contributed by atoms with van der Waals surface area (Å²) in [6.07, 6.45) is 96.1. The summed E-state index contributed by atoms with van der Waals surface area (Å²) < 4.78 is 16.9. The van der Waals surface area contributed by atoms with Gasteiger partial charge in [0.2, 0.25) is 0 Å². The van der Waals surface area contributed by atoms with Crippen molar-refractivity contribution in [3.63, 3.8) is 0 Å². The fraction of sp³-hybridized carbons (Fsp3) is 0.667. The molecule has 0 bridgehead atoms. The normalized spacial score (nSPS) is 13.0. The van der Waals surface area contributed by atoms with Crippen molar-refractivity contribution in [1.82, 2.24) is 0 Å². The quantitative estimate of drug-likeness (QED) is 0.0261. The fourth-order valence-corrected chi connectivity index (χ4v) is 9.14. The highest BCUT2D eigenvalue weighted by Crippen LogP contribution is 2.16. The average Bonchev–Trinajstić information content (AvgIpc) is 3.47. The lowest BCUT2D eigenvalue weighted by Gasteiger charge is -2.18. The second kappa shape index (κ2) is 68.1. The van der Waals surface area contributed by atoms with E-state index in [4.69, 9.17) is 14.2 Å². The second-order valence-corrected chi connectivity index (χ2v) is 22.0. The Morgan fingerprint density at radius 1 is 0.259 bits per heavy atom. The van der Waals surface area contributed by atoms with Gasteiger partial charge in [0.25, 0.3) is 0 Å². The zero-order valence-corrected chi connectivity index (χ0v) is 52.8. The Labute approximate surface area is 500 Å². The molecule has 0 aromatic carbocycles. The number of carbonyl (C=O) groups excluding carboxylic acids is 3. The van der Waals surface area contributed by atoms with E-state index in [0.717, 1.165) is 122 Å². The third-order valence-corrected chi connectivity index (χ3v) is 14.1. The lowest BCUT2D eigenvalue weighted by Crippen LogP contribution is -2.30. The van der Waals surface area contributed by atoms with Crippen molar-refractivity contribution in [3.05, 3.63) is 134 Å². The molecule has 460 valence electrons. The molecule has 0 saturated heterocycles. The standard InChI is InChI=1S/C75H124O6/c1-4-7-10-13-16-19-22-25-28-30-32-33-34-35-36-37-38-39-40-41-43-44-47-50-53-56-59-62-65-68-74(77)80-71-72(70-79-73(76)67-64-61-58-55-52-49-46-27-24-21-18-15-12-9-6-3)81-75(78)69-66-63-60-57-54-51-48-45-42-31-29-26-23-20-17-14-11-8-5-2/h7,9-10,12,16-21,25-29,32-33,35-36,46,52,55,72H,4-6,8,11,13-15,22-24,30-31,34,37-45,47-51,53-54,56-71H2,1-3H3/b10-7-,12-9-,19-16-,20-17-,21-18-,28-25-,29-26-,33-32-,36-35-,46-27-,55-52-. The summed E-state index contributed by atoms with van der Waals surface area (Å²) in [5.74, 6) is -0.938. The third-order valence-electron chi connectivity index (χ3n) is 14.1. The van der Waals surface area contributed by atoms with E-state index in [1.165, 1.54) is 141 Å². The lowest BCUT2D eigenvalue weighted by molar-refractivity contribution is -0.167. The third kappa shape index (κ3) is 66.2. The first-order valence-corrected chi connectivity index (χ1v) is 33.7. The van der Waals surface area contributed by atoms with E-state index >= 15 is 0 Å². The molecule has 6 heteroatoms. The molecule has 81 heavy (non-hydrogen) atoms. The number of allylic oxidation sites excluding steroid dienone is 22. The molecule has 6 nitrogen and oxygen atoms in total. The summed E-state index contributed by atoms with van der Waals surface area (Å²) in [7, 11) is 0. The largest absolute Gasteiger partial charge is 0.462 e. The van der Waals surface area contributed by atoms with Gasteiger partial charge in [-0.2, -0.15) is 0 Å². The van der Waals surface area contributed by atoms with Crippen LogP contribution >= 0.6 is 0 Å². The van der Waals surface area contributed by atoms with Gasteiger partial charge in [0.05, 0.1) is 0 Å². The molecule has 0 radical (unpaired) electrons.